The molecule has 0 unspecified atom stereocenters. The van der Waals surface area contributed by atoms with Crippen molar-refractivity contribution in [1.29, 1.82) is 0 Å². The van der Waals surface area contributed by atoms with E-state index in [9.17, 15) is 4.79 Å². The number of carbonyl (C=O) groups is 1. The lowest BCUT2D eigenvalue weighted by Crippen LogP contribution is -2.46. The molecule has 2 aromatic rings. The summed E-state index contributed by atoms with van der Waals surface area (Å²) in [6, 6.07) is 18.3. The van der Waals surface area contributed by atoms with Crippen molar-refractivity contribution in [3.8, 4) is 0 Å². The van der Waals surface area contributed by atoms with Gasteiger partial charge in [0.1, 0.15) is 6.17 Å². The van der Waals surface area contributed by atoms with Gasteiger partial charge in [0, 0.05) is 23.7 Å². The quantitative estimate of drug-likeness (QED) is 0.787. The standard InChI is InChI=1S/C23H25ClN2O/c24-19-12-10-17(11-13-19)14-15-26-22(25-16-18-6-2-1-3-7-18)20-8-4-5-9-21(20)23(26)27/h1-3,6-7,10-13,22,25H,4-5,8-9,14-16H2/t22-/m1/s1. The zero-order chi connectivity index (χ0) is 18.6. The highest BCUT2D eigenvalue weighted by molar-refractivity contribution is 6.30. The van der Waals surface area contributed by atoms with E-state index in [2.05, 4.69) is 29.6 Å². The molecule has 140 valence electrons. The maximum atomic E-state index is 13.0. The highest BCUT2D eigenvalue weighted by atomic mass is 35.5. The second kappa shape index (κ2) is 8.28. The van der Waals surface area contributed by atoms with Crippen LogP contribution in [0.25, 0.3) is 0 Å². The van der Waals surface area contributed by atoms with Gasteiger partial charge in [-0.15, -0.1) is 0 Å². The number of benzene rings is 2. The molecule has 0 saturated carbocycles. The molecule has 1 aliphatic carbocycles. The molecule has 3 nitrogen and oxygen atoms in total. The van der Waals surface area contributed by atoms with Crippen molar-refractivity contribution >= 4 is 17.5 Å². The van der Waals surface area contributed by atoms with E-state index in [1.807, 2.05) is 35.2 Å². The van der Waals surface area contributed by atoms with Gasteiger partial charge in [-0.25, -0.2) is 0 Å². The lowest BCUT2D eigenvalue weighted by Gasteiger charge is -2.28. The van der Waals surface area contributed by atoms with Crippen LogP contribution < -0.4 is 5.32 Å². The first-order valence-corrected chi connectivity index (χ1v) is 10.1. The summed E-state index contributed by atoms with van der Waals surface area (Å²) in [6.45, 7) is 1.49. The van der Waals surface area contributed by atoms with E-state index in [1.165, 1.54) is 23.1 Å². The van der Waals surface area contributed by atoms with Gasteiger partial charge in [-0.1, -0.05) is 54.1 Å². The minimum absolute atomic E-state index is 0.0281. The smallest absolute Gasteiger partial charge is 0.251 e. The summed E-state index contributed by atoms with van der Waals surface area (Å²) in [5, 5.41) is 4.39. The van der Waals surface area contributed by atoms with Gasteiger partial charge in [-0.2, -0.15) is 0 Å². The molecule has 4 heteroatoms. The molecule has 1 amide bonds. The van der Waals surface area contributed by atoms with Crippen LogP contribution in [0.5, 0.6) is 0 Å². The van der Waals surface area contributed by atoms with Gasteiger partial charge in [0.15, 0.2) is 0 Å². The van der Waals surface area contributed by atoms with Gasteiger partial charge in [-0.3, -0.25) is 10.1 Å². The molecule has 1 atom stereocenters. The molecule has 2 aromatic carbocycles. The third-order valence-corrected chi connectivity index (χ3v) is 5.82. The van der Waals surface area contributed by atoms with Gasteiger partial charge in [0.2, 0.25) is 0 Å². The van der Waals surface area contributed by atoms with Crippen molar-refractivity contribution < 1.29 is 4.79 Å². The molecule has 1 aliphatic heterocycles. The van der Waals surface area contributed by atoms with Crippen LogP contribution in [0.15, 0.2) is 65.7 Å². The second-order valence-corrected chi connectivity index (χ2v) is 7.79. The van der Waals surface area contributed by atoms with Gasteiger partial charge >= 0.3 is 0 Å². The lowest BCUT2D eigenvalue weighted by molar-refractivity contribution is -0.127. The summed E-state index contributed by atoms with van der Waals surface area (Å²) >= 11 is 5.99. The molecule has 1 N–H and O–H groups in total. The molecule has 1 heterocycles. The SMILES string of the molecule is O=C1C2=C(CCCC2)[C@H](NCc2ccccc2)N1CCc1ccc(Cl)cc1. The maximum absolute atomic E-state index is 13.0. The van der Waals surface area contributed by atoms with Crippen LogP contribution >= 0.6 is 11.6 Å². The maximum Gasteiger partial charge on any atom is 0.251 e. The number of halogens is 1. The Kier molecular flexibility index (Phi) is 5.61. The first-order valence-electron chi connectivity index (χ1n) is 9.77. The third-order valence-electron chi connectivity index (χ3n) is 5.57. The normalized spacial score (nSPS) is 19.5. The van der Waals surface area contributed by atoms with Gasteiger partial charge in [0.25, 0.3) is 5.91 Å². The molecule has 2 aliphatic rings. The fourth-order valence-electron chi connectivity index (χ4n) is 4.13. The van der Waals surface area contributed by atoms with Gasteiger partial charge < -0.3 is 4.90 Å². The van der Waals surface area contributed by atoms with Crippen molar-refractivity contribution in [3.05, 3.63) is 81.9 Å². The lowest BCUT2D eigenvalue weighted by atomic mass is 9.92. The van der Waals surface area contributed by atoms with Gasteiger partial charge in [-0.05, 0) is 60.9 Å². The van der Waals surface area contributed by atoms with E-state index < -0.39 is 0 Å². The minimum Gasteiger partial charge on any atom is -0.319 e. The first-order chi connectivity index (χ1) is 13.2. The molecule has 0 radical (unpaired) electrons. The van der Waals surface area contributed by atoms with Crippen molar-refractivity contribution in [2.24, 2.45) is 0 Å². The van der Waals surface area contributed by atoms with Gasteiger partial charge in [0.05, 0.1) is 0 Å². The average molecular weight is 381 g/mol. The van der Waals surface area contributed by atoms with E-state index in [1.54, 1.807) is 0 Å². The third kappa shape index (κ3) is 4.10. The number of rotatable bonds is 6. The molecule has 0 bridgehead atoms. The van der Waals surface area contributed by atoms with Crippen LogP contribution in [0.1, 0.15) is 36.8 Å². The zero-order valence-electron chi connectivity index (χ0n) is 15.5. The van der Waals surface area contributed by atoms with E-state index >= 15 is 0 Å². The number of hydrogen-bond acceptors (Lipinski definition) is 2. The highest BCUT2D eigenvalue weighted by Gasteiger charge is 2.38. The van der Waals surface area contributed by atoms with Crippen molar-refractivity contribution in [2.75, 3.05) is 6.54 Å². The molecule has 27 heavy (non-hydrogen) atoms. The number of nitrogens with one attached hydrogen (secondary N) is 1. The number of hydrogen-bond donors (Lipinski definition) is 1. The van der Waals surface area contributed by atoms with Crippen LogP contribution in [0, 0.1) is 0 Å². The zero-order valence-corrected chi connectivity index (χ0v) is 16.2. The summed E-state index contributed by atoms with van der Waals surface area (Å²) in [5.41, 5.74) is 4.83. The fraction of sp³-hybridized carbons (Fsp3) is 0.348. The van der Waals surface area contributed by atoms with E-state index in [4.69, 9.17) is 11.6 Å². The monoisotopic (exact) mass is 380 g/mol. The molecular weight excluding hydrogens is 356 g/mol. The molecule has 0 fully saturated rings. The highest BCUT2D eigenvalue weighted by Crippen LogP contribution is 2.35. The Morgan fingerprint density at radius 3 is 2.48 bits per heavy atom. The molecule has 0 spiro atoms. The molecule has 0 saturated heterocycles. The Hall–Kier alpha value is -2.10. The summed E-state index contributed by atoms with van der Waals surface area (Å²) in [6.07, 6.45) is 5.13. The van der Waals surface area contributed by atoms with Crippen molar-refractivity contribution in [2.45, 2.75) is 44.8 Å². The van der Waals surface area contributed by atoms with E-state index in [-0.39, 0.29) is 12.1 Å². The summed E-state index contributed by atoms with van der Waals surface area (Å²) in [7, 11) is 0. The van der Waals surface area contributed by atoms with Crippen LogP contribution in [0.4, 0.5) is 0 Å². The Morgan fingerprint density at radius 2 is 1.70 bits per heavy atom. The Labute approximate surface area is 166 Å². The van der Waals surface area contributed by atoms with Crippen molar-refractivity contribution in [3.63, 3.8) is 0 Å². The number of amides is 1. The van der Waals surface area contributed by atoms with Crippen LogP contribution in [0.3, 0.4) is 0 Å². The topological polar surface area (TPSA) is 32.3 Å². The van der Waals surface area contributed by atoms with Crippen LogP contribution in [-0.4, -0.2) is 23.5 Å². The Morgan fingerprint density at radius 1 is 0.963 bits per heavy atom. The first kappa shape index (κ1) is 18.3. The van der Waals surface area contributed by atoms with Crippen LogP contribution in [-0.2, 0) is 17.8 Å². The average Bonchev–Trinajstić information content (AvgIpc) is 2.98. The summed E-state index contributed by atoms with van der Waals surface area (Å²) in [4.78, 5) is 15.1. The molecular formula is C23H25ClN2O. The van der Waals surface area contributed by atoms with E-state index in [0.29, 0.717) is 0 Å². The summed E-state index contributed by atoms with van der Waals surface area (Å²) < 4.78 is 0. The predicted molar refractivity (Wildman–Crippen MR) is 109 cm³/mol. The molecule has 4 rings (SSSR count). The summed E-state index contributed by atoms with van der Waals surface area (Å²) in [5.74, 6) is 0.226. The Balaban J connectivity index is 1.49. The van der Waals surface area contributed by atoms with Crippen LogP contribution in [0.2, 0.25) is 5.02 Å². The minimum atomic E-state index is 0.0281. The van der Waals surface area contributed by atoms with Crippen molar-refractivity contribution in [1.82, 2.24) is 10.2 Å². The Bertz CT molecular complexity index is 829. The number of carbonyl (C=O) groups excluding carboxylic acids is 1. The second-order valence-electron chi connectivity index (χ2n) is 7.35. The fourth-order valence-corrected chi connectivity index (χ4v) is 4.25. The predicted octanol–water partition coefficient (Wildman–Crippen LogP) is 4.71. The largest absolute Gasteiger partial charge is 0.319 e. The number of nitrogens with zero attached hydrogens (tertiary/aromatic N) is 1. The van der Waals surface area contributed by atoms with E-state index in [0.717, 1.165) is 49.4 Å². The molecule has 0 aromatic heterocycles.